The Kier molecular flexibility index (Phi) is 6.20. The summed E-state index contributed by atoms with van der Waals surface area (Å²) in [6.07, 6.45) is 0. The van der Waals surface area contributed by atoms with Gasteiger partial charge in [0.15, 0.2) is 8.07 Å². The molecule has 58 heavy (non-hydrogen) atoms. The minimum absolute atomic E-state index is 0.178. The van der Waals surface area contributed by atoms with Crippen LogP contribution in [0.1, 0.15) is 6.85 Å². The molecule has 272 valence electrons. The molecule has 9 aromatic carbocycles. The second-order valence-corrected chi connectivity index (χ2v) is 18.6. The van der Waals surface area contributed by atoms with Gasteiger partial charge in [0.2, 0.25) is 0 Å². The molecule has 3 nitrogen and oxygen atoms in total. The minimum Gasteiger partial charge on any atom is -0.456 e. The summed E-state index contributed by atoms with van der Waals surface area (Å²) in [6.45, 7) is 0. The second-order valence-electron chi connectivity index (χ2n) is 14.9. The van der Waals surface area contributed by atoms with Crippen molar-refractivity contribution < 1.29 is 11.3 Å². The minimum atomic E-state index is -3.71. The van der Waals surface area contributed by atoms with E-state index in [0.29, 0.717) is 5.19 Å². The van der Waals surface area contributed by atoms with Gasteiger partial charge < -0.3 is 13.6 Å². The summed E-state index contributed by atoms with van der Waals surface area (Å²) in [5.41, 5.74) is 7.90. The molecule has 3 aromatic heterocycles. The van der Waals surface area contributed by atoms with Crippen molar-refractivity contribution in [1.29, 1.82) is 0 Å². The molecule has 12 aromatic rings. The van der Waals surface area contributed by atoms with Crippen molar-refractivity contribution in [3.05, 3.63) is 218 Å². The number of nitrogens with zero attached hydrogens (tertiary/aromatic N) is 2. The normalized spacial score (nSPS) is 13.3. The van der Waals surface area contributed by atoms with Gasteiger partial charge in [-0.15, -0.1) is 0 Å². The van der Waals surface area contributed by atoms with Gasteiger partial charge in [-0.2, -0.15) is 0 Å². The Morgan fingerprint density at radius 2 is 0.914 bits per heavy atom. The molecule has 0 aliphatic carbocycles. The van der Waals surface area contributed by atoms with Gasteiger partial charge in [0.05, 0.1) is 28.9 Å². The molecule has 0 aliphatic heterocycles. The summed E-state index contributed by atoms with van der Waals surface area (Å²) in [6, 6.07) is 63.3. The molecular formula is C54H36N2OSi. The van der Waals surface area contributed by atoms with E-state index in [-0.39, 0.29) is 24.2 Å². The lowest BCUT2D eigenvalue weighted by Crippen LogP contribution is -2.74. The van der Waals surface area contributed by atoms with Crippen molar-refractivity contribution in [2.24, 2.45) is 0 Å². The van der Waals surface area contributed by atoms with Crippen molar-refractivity contribution in [3.63, 3.8) is 0 Å². The van der Waals surface area contributed by atoms with Gasteiger partial charge in [-0.25, -0.2) is 0 Å². The smallest absolute Gasteiger partial charge is 0.180 e. The standard InChI is InChI=1S/C54H36N2OSi/c1-4-17-39(18-5-1)58(40-19-6-2-7-20-40,41-21-8-3-9-22-41)53-30-16-28-50-54(53)44-25-11-14-27-48(44)56(50)37-31-33-49-45(35-37)42-23-10-13-26-47(42)55(49)38-32-34-52-46(36-38)43-24-12-15-29-51(43)57-52/h1-36H/i1D,4D,5D,17D,18D. The van der Waals surface area contributed by atoms with Gasteiger partial charge in [-0.3, -0.25) is 0 Å². The molecule has 0 N–H and O–H groups in total. The van der Waals surface area contributed by atoms with Crippen LogP contribution in [0, 0.1) is 0 Å². The van der Waals surface area contributed by atoms with E-state index in [1.165, 1.54) is 0 Å². The molecule has 0 atom stereocenters. The summed E-state index contributed by atoms with van der Waals surface area (Å²) in [5, 5.41) is 9.54. The zero-order valence-corrected chi connectivity index (χ0v) is 32.2. The molecule has 12 rings (SSSR count). The Labute approximate surface area is 343 Å². The molecule has 0 fully saturated rings. The molecule has 0 aliphatic rings. The average Bonchev–Trinajstić information content (AvgIpc) is 3.99. The molecule has 0 spiro atoms. The summed E-state index contributed by atoms with van der Waals surface area (Å²) >= 11 is 0. The quantitative estimate of drug-likeness (QED) is 0.122. The van der Waals surface area contributed by atoms with Gasteiger partial charge in [0.25, 0.3) is 0 Å². The summed E-state index contributed by atoms with van der Waals surface area (Å²) < 4.78 is 56.5. The molecule has 0 amide bonds. The van der Waals surface area contributed by atoms with Crippen molar-refractivity contribution in [2.75, 3.05) is 0 Å². The first-order chi connectivity index (χ1) is 30.9. The van der Waals surface area contributed by atoms with Crippen LogP contribution in [0.5, 0.6) is 0 Å². The summed E-state index contributed by atoms with van der Waals surface area (Å²) in [4.78, 5) is 0. The maximum Gasteiger partial charge on any atom is 0.180 e. The summed E-state index contributed by atoms with van der Waals surface area (Å²) in [7, 11) is -3.71. The fourth-order valence-corrected chi connectivity index (χ4v) is 14.2. The number of fused-ring (bicyclic) bond motifs is 9. The lowest BCUT2D eigenvalue weighted by Gasteiger charge is -2.35. The van der Waals surface area contributed by atoms with Crippen LogP contribution in [0.15, 0.2) is 223 Å². The van der Waals surface area contributed by atoms with E-state index in [1.807, 2.05) is 54.6 Å². The SMILES string of the molecule is [2H]c1c([2H])c([2H])c([Si](c2ccccc2)(c2ccccc2)c2cccc3c2c2ccccc2n3-c2ccc3c(c2)c2ccccc2n3-c2ccc3oc4ccccc4c3c2)c([2H])c1[2H]. The molecule has 0 radical (unpaired) electrons. The number of benzene rings is 9. The first kappa shape index (κ1) is 28.1. The van der Waals surface area contributed by atoms with Crippen molar-refractivity contribution >= 4 is 94.4 Å². The maximum atomic E-state index is 9.57. The fraction of sp³-hybridized carbons (Fsp3) is 0. The van der Waals surface area contributed by atoms with E-state index in [0.717, 1.165) is 92.5 Å². The predicted molar refractivity (Wildman–Crippen MR) is 246 cm³/mol. The number of furan rings is 1. The van der Waals surface area contributed by atoms with Gasteiger partial charge in [0.1, 0.15) is 11.2 Å². The van der Waals surface area contributed by atoms with E-state index in [4.69, 9.17) is 8.53 Å². The third-order valence-electron chi connectivity index (χ3n) is 11.9. The highest BCUT2D eigenvalue weighted by Crippen LogP contribution is 2.38. The number of hydrogen-bond acceptors (Lipinski definition) is 1. The zero-order chi connectivity index (χ0) is 42.6. The zero-order valence-electron chi connectivity index (χ0n) is 36.2. The molecule has 0 saturated carbocycles. The van der Waals surface area contributed by atoms with Crippen LogP contribution in [-0.2, 0) is 0 Å². The maximum absolute atomic E-state index is 9.57. The molecule has 0 bridgehead atoms. The van der Waals surface area contributed by atoms with Gasteiger partial charge in [0, 0.05) is 43.7 Å². The third-order valence-corrected chi connectivity index (χ3v) is 16.5. The predicted octanol–water partition coefficient (Wildman–Crippen LogP) is 11.2. The van der Waals surface area contributed by atoms with E-state index < -0.39 is 14.1 Å². The lowest BCUT2D eigenvalue weighted by atomic mass is 10.1. The number of para-hydroxylation sites is 3. The van der Waals surface area contributed by atoms with Crippen molar-refractivity contribution in [3.8, 4) is 11.4 Å². The molecular weight excluding hydrogens is 721 g/mol. The van der Waals surface area contributed by atoms with E-state index in [9.17, 15) is 2.74 Å². The van der Waals surface area contributed by atoms with Crippen molar-refractivity contribution in [2.45, 2.75) is 0 Å². The van der Waals surface area contributed by atoms with Gasteiger partial charge in [-0.1, -0.05) is 158 Å². The Balaban J connectivity index is 1.16. The highest BCUT2D eigenvalue weighted by Gasteiger charge is 2.43. The first-order valence-corrected chi connectivity index (χ1v) is 21.5. The highest BCUT2D eigenvalue weighted by molar-refractivity contribution is 7.20. The van der Waals surface area contributed by atoms with E-state index in [2.05, 4.69) is 143 Å². The fourth-order valence-electron chi connectivity index (χ4n) is 9.56. The molecule has 0 unspecified atom stereocenters. The second kappa shape index (κ2) is 12.8. The summed E-state index contributed by atoms with van der Waals surface area (Å²) in [5.74, 6) is 0. The average molecular weight is 762 g/mol. The Bertz CT molecular complexity index is 3750. The number of rotatable bonds is 6. The highest BCUT2D eigenvalue weighted by atomic mass is 28.3. The van der Waals surface area contributed by atoms with Crippen molar-refractivity contribution in [1.82, 2.24) is 9.13 Å². The lowest BCUT2D eigenvalue weighted by molar-refractivity contribution is 0.669. The van der Waals surface area contributed by atoms with Gasteiger partial charge in [-0.05, 0) is 81.4 Å². The van der Waals surface area contributed by atoms with Crippen LogP contribution in [0.3, 0.4) is 0 Å². The first-order valence-electron chi connectivity index (χ1n) is 22.0. The third kappa shape index (κ3) is 4.67. The molecule has 4 heteroatoms. The largest absolute Gasteiger partial charge is 0.456 e. The van der Waals surface area contributed by atoms with Crippen LogP contribution in [-0.4, -0.2) is 17.2 Å². The molecule has 0 saturated heterocycles. The number of aromatic nitrogens is 2. The molecule has 3 heterocycles. The van der Waals surface area contributed by atoms with Crippen LogP contribution >= 0.6 is 0 Å². The topological polar surface area (TPSA) is 23.0 Å². The Morgan fingerprint density at radius 3 is 1.66 bits per heavy atom. The van der Waals surface area contributed by atoms with E-state index >= 15 is 0 Å². The Morgan fingerprint density at radius 1 is 0.379 bits per heavy atom. The van der Waals surface area contributed by atoms with Crippen LogP contribution in [0.2, 0.25) is 0 Å². The van der Waals surface area contributed by atoms with Crippen LogP contribution < -0.4 is 20.7 Å². The van der Waals surface area contributed by atoms with E-state index in [1.54, 1.807) is 0 Å². The van der Waals surface area contributed by atoms with Gasteiger partial charge >= 0.3 is 0 Å². The van der Waals surface area contributed by atoms with Crippen LogP contribution in [0.25, 0.3) is 76.9 Å². The van der Waals surface area contributed by atoms with Crippen LogP contribution in [0.4, 0.5) is 0 Å². The Hall–Kier alpha value is -7.40. The monoisotopic (exact) mass is 761 g/mol. The number of hydrogen-bond donors (Lipinski definition) is 0.